The number of nitrogens with one attached hydrogen (secondary N) is 1. The van der Waals surface area contributed by atoms with Gasteiger partial charge in [-0.1, -0.05) is 66.2 Å². The molecular formula is C24H18ClNO2S2. The summed E-state index contributed by atoms with van der Waals surface area (Å²) in [5.74, 6) is 0. The van der Waals surface area contributed by atoms with Gasteiger partial charge in [-0.05, 0) is 58.3 Å². The van der Waals surface area contributed by atoms with E-state index >= 15 is 0 Å². The van der Waals surface area contributed by atoms with Crippen LogP contribution in [0.25, 0.3) is 10.8 Å². The first-order valence-corrected chi connectivity index (χ1v) is 12.3. The van der Waals surface area contributed by atoms with E-state index in [1.807, 2.05) is 48.5 Å². The van der Waals surface area contributed by atoms with Gasteiger partial charge in [0, 0.05) is 9.92 Å². The second-order valence-electron chi connectivity index (χ2n) is 7.20. The Hall–Kier alpha value is -2.31. The van der Waals surface area contributed by atoms with Gasteiger partial charge in [-0.2, -0.15) is 0 Å². The Kier molecular flexibility index (Phi) is 5.07. The third-order valence-electron chi connectivity index (χ3n) is 5.33. The average Bonchev–Trinajstić information content (AvgIpc) is 3.05. The summed E-state index contributed by atoms with van der Waals surface area (Å²) >= 11 is 7.70. The van der Waals surface area contributed by atoms with Crippen molar-refractivity contribution >= 4 is 44.2 Å². The summed E-state index contributed by atoms with van der Waals surface area (Å²) in [4.78, 5) is 1.31. The fourth-order valence-electron chi connectivity index (χ4n) is 3.99. The van der Waals surface area contributed by atoms with Crippen molar-refractivity contribution in [3.8, 4) is 0 Å². The molecule has 2 atom stereocenters. The van der Waals surface area contributed by atoms with Crippen LogP contribution in [0.15, 0.2) is 101 Å². The van der Waals surface area contributed by atoms with Gasteiger partial charge in [0.2, 0.25) is 10.0 Å². The number of benzene rings is 4. The highest BCUT2D eigenvalue weighted by atomic mass is 35.5. The van der Waals surface area contributed by atoms with Crippen molar-refractivity contribution in [1.82, 2.24) is 4.72 Å². The Balaban J connectivity index is 1.60. The summed E-state index contributed by atoms with van der Waals surface area (Å²) in [5, 5.41) is 2.84. The molecule has 0 saturated heterocycles. The fraction of sp³-hybridized carbons (Fsp3) is 0.0833. The Labute approximate surface area is 185 Å². The highest BCUT2D eigenvalue weighted by molar-refractivity contribution is 7.99. The van der Waals surface area contributed by atoms with E-state index < -0.39 is 10.0 Å². The molecule has 1 N–H and O–H groups in total. The quantitative estimate of drug-likeness (QED) is 0.384. The number of hydrogen-bond donors (Lipinski definition) is 1. The van der Waals surface area contributed by atoms with E-state index in [4.69, 9.17) is 11.6 Å². The maximum atomic E-state index is 13.2. The second kappa shape index (κ2) is 7.75. The van der Waals surface area contributed by atoms with Gasteiger partial charge in [-0.15, -0.1) is 11.8 Å². The lowest BCUT2D eigenvalue weighted by molar-refractivity contribution is 0.557. The number of hydrogen-bond acceptors (Lipinski definition) is 3. The standard InChI is InChI=1S/C24H18ClNO2S2/c25-17-12-14-18(15-13-17)29-24-21-11-5-7-16-6-4-10-20(22(16)21)23(24)26-30(27,28)19-8-2-1-3-9-19/h1-15,23-24,26H. The monoisotopic (exact) mass is 451 g/mol. The third kappa shape index (κ3) is 3.52. The van der Waals surface area contributed by atoms with E-state index in [9.17, 15) is 8.42 Å². The Morgan fingerprint density at radius 1 is 0.767 bits per heavy atom. The molecule has 6 heteroatoms. The second-order valence-corrected chi connectivity index (χ2v) is 10.6. The van der Waals surface area contributed by atoms with Crippen LogP contribution in [0.5, 0.6) is 0 Å². The molecule has 0 bridgehead atoms. The lowest BCUT2D eigenvalue weighted by Crippen LogP contribution is -2.29. The smallest absolute Gasteiger partial charge is 0.207 e. The summed E-state index contributed by atoms with van der Waals surface area (Å²) < 4.78 is 29.3. The van der Waals surface area contributed by atoms with Crippen LogP contribution < -0.4 is 4.72 Å². The Morgan fingerprint density at radius 2 is 1.43 bits per heavy atom. The lowest BCUT2D eigenvalue weighted by atomic mass is 10.1. The van der Waals surface area contributed by atoms with Gasteiger partial charge in [-0.3, -0.25) is 0 Å². The molecule has 2 unspecified atom stereocenters. The van der Waals surface area contributed by atoms with Crippen molar-refractivity contribution in [2.75, 3.05) is 0 Å². The topological polar surface area (TPSA) is 46.2 Å². The first-order chi connectivity index (χ1) is 14.5. The van der Waals surface area contributed by atoms with E-state index in [0.29, 0.717) is 5.02 Å². The minimum Gasteiger partial charge on any atom is -0.207 e. The predicted molar refractivity (Wildman–Crippen MR) is 124 cm³/mol. The minimum absolute atomic E-state index is 0.0919. The van der Waals surface area contributed by atoms with Crippen LogP contribution in [-0.2, 0) is 10.0 Å². The van der Waals surface area contributed by atoms with E-state index in [1.54, 1.807) is 36.0 Å². The van der Waals surface area contributed by atoms with Gasteiger partial charge in [0.15, 0.2) is 0 Å². The number of halogens is 1. The summed E-state index contributed by atoms with van der Waals surface area (Å²) in [7, 11) is -3.67. The van der Waals surface area contributed by atoms with Crippen LogP contribution in [0.1, 0.15) is 22.4 Å². The molecule has 0 saturated carbocycles. The molecular weight excluding hydrogens is 434 g/mol. The predicted octanol–water partition coefficient (Wildman–Crippen LogP) is 6.36. The summed E-state index contributed by atoms with van der Waals surface area (Å²) in [6, 6.07) is 28.1. The van der Waals surface area contributed by atoms with Crippen molar-refractivity contribution in [3.63, 3.8) is 0 Å². The van der Waals surface area contributed by atoms with Crippen LogP contribution >= 0.6 is 23.4 Å². The van der Waals surface area contributed by atoms with Crippen LogP contribution in [0.3, 0.4) is 0 Å². The van der Waals surface area contributed by atoms with Gasteiger partial charge in [-0.25, -0.2) is 13.1 Å². The molecule has 0 heterocycles. The molecule has 0 fully saturated rings. The lowest BCUT2D eigenvalue weighted by Gasteiger charge is -2.23. The highest BCUT2D eigenvalue weighted by Gasteiger charge is 2.37. The Bertz CT molecular complexity index is 1320. The molecule has 30 heavy (non-hydrogen) atoms. The van der Waals surface area contributed by atoms with Crippen LogP contribution in [0, 0.1) is 0 Å². The zero-order chi connectivity index (χ0) is 20.7. The van der Waals surface area contributed by atoms with Crippen molar-refractivity contribution in [2.24, 2.45) is 0 Å². The van der Waals surface area contributed by atoms with Crippen molar-refractivity contribution in [2.45, 2.75) is 21.1 Å². The Morgan fingerprint density at radius 3 is 2.13 bits per heavy atom. The molecule has 4 aromatic carbocycles. The molecule has 0 spiro atoms. The van der Waals surface area contributed by atoms with E-state index in [0.717, 1.165) is 26.8 Å². The number of rotatable bonds is 5. The molecule has 0 aromatic heterocycles. The first kappa shape index (κ1) is 19.6. The molecule has 0 aliphatic heterocycles. The summed E-state index contributed by atoms with van der Waals surface area (Å²) in [5.41, 5.74) is 2.15. The van der Waals surface area contributed by atoms with Gasteiger partial charge >= 0.3 is 0 Å². The van der Waals surface area contributed by atoms with Crippen LogP contribution in [0.2, 0.25) is 5.02 Å². The van der Waals surface area contributed by atoms with E-state index in [-0.39, 0.29) is 16.2 Å². The maximum Gasteiger partial charge on any atom is 0.241 e. The molecule has 5 rings (SSSR count). The van der Waals surface area contributed by atoms with Gasteiger partial charge in [0.1, 0.15) is 0 Å². The molecule has 4 aromatic rings. The summed E-state index contributed by atoms with van der Waals surface area (Å²) in [6.07, 6.45) is 0. The SMILES string of the molecule is O=S(=O)(NC1c2cccc3cccc(c23)C1Sc1ccc(Cl)cc1)c1ccccc1. The molecule has 1 aliphatic rings. The fourth-order valence-corrected chi connectivity index (χ4v) is 6.71. The van der Waals surface area contributed by atoms with Gasteiger partial charge < -0.3 is 0 Å². The molecule has 0 amide bonds. The molecule has 150 valence electrons. The van der Waals surface area contributed by atoms with Gasteiger partial charge in [0.25, 0.3) is 0 Å². The highest BCUT2D eigenvalue weighted by Crippen LogP contribution is 2.53. The number of sulfonamides is 1. The van der Waals surface area contributed by atoms with Gasteiger partial charge in [0.05, 0.1) is 16.2 Å². The normalized spacial score (nSPS) is 18.0. The molecule has 3 nitrogen and oxygen atoms in total. The maximum absolute atomic E-state index is 13.2. The zero-order valence-corrected chi connectivity index (χ0v) is 18.2. The third-order valence-corrected chi connectivity index (χ3v) is 8.36. The zero-order valence-electron chi connectivity index (χ0n) is 15.8. The summed E-state index contributed by atoms with van der Waals surface area (Å²) in [6.45, 7) is 0. The number of thioether (sulfide) groups is 1. The van der Waals surface area contributed by atoms with E-state index in [1.165, 1.54) is 0 Å². The average molecular weight is 452 g/mol. The van der Waals surface area contributed by atoms with E-state index in [2.05, 4.69) is 22.9 Å². The van der Waals surface area contributed by atoms with Crippen molar-refractivity contribution < 1.29 is 8.42 Å². The molecule has 0 radical (unpaired) electrons. The largest absolute Gasteiger partial charge is 0.241 e. The van der Waals surface area contributed by atoms with Crippen molar-refractivity contribution in [3.05, 3.63) is 107 Å². The minimum atomic E-state index is -3.67. The van der Waals surface area contributed by atoms with Crippen LogP contribution in [0.4, 0.5) is 0 Å². The first-order valence-electron chi connectivity index (χ1n) is 9.54. The van der Waals surface area contributed by atoms with Crippen LogP contribution in [-0.4, -0.2) is 8.42 Å². The molecule has 1 aliphatic carbocycles. The van der Waals surface area contributed by atoms with Crippen molar-refractivity contribution in [1.29, 1.82) is 0 Å².